The van der Waals surface area contributed by atoms with Gasteiger partial charge < -0.3 is 4.57 Å². The molecule has 0 radical (unpaired) electrons. The molecule has 0 unspecified atom stereocenters. The highest BCUT2D eigenvalue weighted by Crippen LogP contribution is 2.24. The number of hydrogen-bond acceptors (Lipinski definition) is 4. The molecule has 0 aliphatic heterocycles. The van der Waals surface area contributed by atoms with Crippen molar-refractivity contribution in [3.8, 4) is 0 Å². The van der Waals surface area contributed by atoms with E-state index in [1.807, 2.05) is 19.2 Å². The van der Waals surface area contributed by atoms with Crippen LogP contribution in [0, 0.1) is 0 Å². The van der Waals surface area contributed by atoms with Gasteiger partial charge in [0.15, 0.2) is 5.16 Å². The summed E-state index contributed by atoms with van der Waals surface area (Å²) in [5, 5.41) is 0.899. The van der Waals surface area contributed by atoms with E-state index in [1.165, 1.54) is 0 Å². The Labute approximate surface area is 117 Å². The van der Waals surface area contributed by atoms with E-state index in [4.69, 9.17) is 0 Å². The van der Waals surface area contributed by atoms with Crippen LogP contribution in [0.15, 0.2) is 28.3 Å². The van der Waals surface area contributed by atoms with E-state index in [0.29, 0.717) is 12.1 Å². The fourth-order valence-corrected chi connectivity index (χ4v) is 3.69. The number of imidazole rings is 1. The van der Waals surface area contributed by atoms with Gasteiger partial charge in [-0.1, -0.05) is 18.7 Å². The first-order valence-electron chi connectivity index (χ1n) is 6.07. The maximum atomic E-state index is 12.0. The number of sulfonamides is 1. The largest absolute Gasteiger partial charge is 0.319 e. The minimum Gasteiger partial charge on any atom is -0.319 e. The average molecular weight is 299 g/mol. The zero-order valence-corrected chi connectivity index (χ0v) is 12.8. The van der Waals surface area contributed by atoms with Crippen molar-refractivity contribution >= 4 is 32.8 Å². The number of rotatable bonds is 5. The van der Waals surface area contributed by atoms with Gasteiger partial charge in [-0.25, -0.2) is 18.1 Å². The minimum atomic E-state index is -3.42. The zero-order valence-electron chi connectivity index (χ0n) is 11.2. The number of nitrogens with zero attached hydrogens (tertiary/aromatic N) is 2. The Kier molecular flexibility index (Phi) is 4.17. The van der Waals surface area contributed by atoms with Crippen molar-refractivity contribution in [2.24, 2.45) is 0 Å². The number of aryl methyl sites for hydroxylation is 1. The molecule has 2 aromatic rings. The molecule has 5 nitrogen and oxygen atoms in total. The van der Waals surface area contributed by atoms with Gasteiger partial charge in [0.1, 0.15) is 0 Å². The molecule has 7 heteroatoms. The van der Waals surface area contributed by atoms with Crippen molar-refractivity contribution in [1.82, 2.24) is 14.3 Å². The second-order valence-corrected chi connectivity index (χ2v) is 6.53. The number of hydrogen-bond donors (Lipinski definition) is 1. The Balaban J connectivity index is 2.59. The van der Waals surface area contributed by atoms with E-state index in [9.17, 15) is 8.42 Å². The second kappa shape index (κ2) is 5.52. The maximum absolute atomic E-state index is 12.0. The Morgan fingerprint density at radius 3 is 2.68 bits per heavy atom. The van der Waals surface area contributed by atoms with Crippen LogP contribution in [0.2, 0.25) is 0 Å². The zero-order chi connectivity index (χ0) is 14.0. The van der Waals surface area contributed by atoms with Gasteiger partial charge in [-0.15, -0.1) is 0 Å². The molecule has 19 heavy (non-hydrogen) atoms. The first-order chi connectivity index (χ1) is 9.03. The average Bonchev–Trinajstić information content (AvgIpc) is 2.75. The molecule has 0 saturated heterocycles. The Hall–Kier alpha value is -1.05. The van der Waals surface area contributed by atoms with Crippen molar-refractivity contribution in [1.29, 1.82) is 0 Å². The highest BCUT2D eigenvalue weighted by atomic mass is 32.2. The lowest BCUT2D eigenvalue weighted by atomic mass is 10.3. The van der Waals surface area contributed by atoms with Crippen molar-refractivity contribution < 1.29 is 8.42 Å². The molecule has 1 heterocycles. The van der Waals surface area contributed by atoms with Crippen molar-refractivity contribution in [3.05, 3.63) is 18.2 Å². The number of aromatic nitrogens is 2. The molecule has 0 spiro atoms. The van der Waals surface area contributed by atoms with Crippen LogP contribution in [0.5, 0.6) is 0 Å². The van der Waals surface area contributed by atoms with Crippen LogP contribution in [0.3, 0.4) is 0 Å². The van der Waals surface area contributed by atoms with E-state index >= 15 is 0 Å². The number of fused-ring (bicyclic) bond motifs is 1. The first-order valence-corrected chi connectivity index (χ1v) is 8.78. The van der Waals surface area contributed by atoms with Crippen molar-refractivity contribution in [2.45, 2.75) is 30.4 Å². The Morgan fingerprint density at radius 1 is 1.37 bits per heavy atom. The van der Waals surface area contributed by atoms with Crippen LogP contribution < -0.4 is 4.72 Å². The topological polar surface area (TPSA) is 64.0 Å². The molecule has 104 valence electrons. The fourth-order valence-electron chi connectivity index (χ4n) is 1.99. The van der Waals surface area contributed by atoms with E-state index in [0.717, 1.165) is 17.2 Å². The predicted molar refractivity (Wildman–Crippen MR) is 78.1 cm³/mol. The molecule has 0 bridgehead atoms. The fraction of sp³-hybridized carbons (Fsp3) is 0.417. The molecule has 0 aliphatic carbocycles. The van der Waals surface area contributed by atoms with Crippen molar-refractivity contribution in [3.63, 3.8) is 0 Å². The van der Waals surface area contributed by atoms with Gasteiger partial charge >= 0.3 is 0 Å². The first kappa shape index (κ1) is 14.4. The smallest absolute Gasteiger partial charge is 0.240 e. The molecule has 0 saturated carbocycles. The summed E-state index contributed by atoms with van der Waals surface area (Å²) >= 11 is 1.56. The van der Waals surface area contributed by atoms with Gasteiger partial charge in [0.25, 0.3) is 0 Å². The van der Waals surface area contributed by atoms with E-state index in [-0.39, 0.29) is 4.90 Å². The van der Waals surface area contributed by atoms with Crippen LogP contribution in [-0.2, 0) is 16.6 Å². The molecule has 1 N–H and O–H groups in total. The summed E-state index contributed by atoms with van der Waals surface area (Å²) in [6.45, 7) is 4.99. The molecule has 0 atom stereocenters. The van der Waals surface area contributed by atoms with Gasteiger partial charge in [0.2, 0.25) is 10.0 Å². The summed E-state index contributed by atoms with van der Waals surface area (Å²) in [7, 11) is -3.42. The molecular weight excluding hydrogens is 282 g/mol. The normalized spacial score (nSPS) is 12.2. The minimum absolute atomic E-state index is 0.259. The molecule has 1 aromatic carbocycles. The molecule has 1 aromatic heterocycles. The van der Waals surface area contributed by atoms with E-state index in [1.54, 1.807) is 30.8 Å². The highest BCUT2D eigenvalue weighted by molar-refractivity contribution is 7.98. The molecular formula is C12H17N3O2S2. The lowest BCUT2D eigenvalue weighted by Crippen LogP contribution is -2.23. The van der Waals surface area contributed by atoms with Crippen LogP contribution in [0.25, 0.3) is 11.0 Å². The van der Waals surface area contributed by atoms with Gasteiger partial charge in [-0.2, -0.15) is 0 Å². The summed E-state index contributed by atoms with van der Waals surface area (Å²) in [6, 6.07) is 5.06. The van der Waals surface area contributed by atoms with Gasteiger partial charge in [-0.05, 0) is 31.4 Å². The third-order valence-corrected chi connectivity index (χ3v) is 5.05. The molecule has 0 aliphatic rings. The van der Waals surface area contributed by atoms with Crippen molar-refractivity contribution in [2.75, 3.05) is 12.8 Å². The van der Waals surface area contributed by atoms with Crippen LogP contribution in [-0.4, -0.2) is 30.8 Å². The quantitative estimate of drug-likeness (QED) is 0.859. The van der Waals surface area contributed by atoms with Gasteiger partial charge in [0, 0.05) is 13.1 Å². The summed E-state index contributed by atoms with van der Waals surface area (Å²) in [6.07, 6.45) is 1.96. The maximum Gasteiger partial charge on any atom is 0.240 e. The van der Waals surface area contributed by atoms with Crippen LogP contribution in [0.1, 0.15) is 13.8 Å². The van der Waals surface area contributed by atoms with Gasteiger partial charge in [0.05, 0.1) is 15.9 Å². The molecule has 2 rings (SSSR count). The summed E-state index contributed by atoms with van der Waals surface area (Å²) < 4.78 is 28.5. The van der Waals surface area contributed by atoms with Crippen LogP contribution in [0.4, 0.5) is 0 Å². The summed E-state index contributed by atoms with van der Waals surface area (Å²) in [5.74, 6) is 0. The third-order valence-electron chi connectivity index (χ3n) is 2.83. The molecule has 0 fully saturated rings. The monoisotopic (exact) mass is 299 g/mol. The Morgan fingerprint density at radius 2 is 2.11 bits per heavy atom. The third kappa shape index (κ3) is 2.63. The summed E-state index contributed by atoms with van der Waals surface area (Å²) in [5.41, 5.74) is 1.67. The second-order valence-electron chi connectivity index (χ2n) is 3.99. The lowest BCUT2D eigenvalue weighted by Gasteiger charge is -2.05. The van der Waals surface area contributed by atoms with Gasteiger partial charge in [-0.3, -0.25) is 0 Å². The lowest BCUT2D eigenvalue weighted by molar-refractivity contribution is 0.584. The standard InChI is InChI=1S/C12H17N3O2S2/c1-4-13-19(16,17)9-6-7-11-10(8-9)14-12(18-3)15(11)5-2/h6-8,13H,4-5H2,1-3H3. The van der Waals surface area contributed by atoms with E-state index < -0.39 is 10.0 Å². The SMILES string of the molecule is CCNS(=O)(=O)c1ccc2c(c1)nc(SC)n2CC. The molecule has 0 amide bonds. The summed E-state index contributed by atoms with van der Waals surface area (Å²) in [4.78, 5) is 4.73. The number of benzene rings is 1. The highest BCUT2D eigenvalue weighted by Gasteiger charge is 2.16. The number of thioether (sulfide) groups is 1. The predicted octanol–water partition coefficient (Wildman–Crippen LogP) is 2.08. The van der Waals surface area contributed by atoms with Crippen LogP contribution >= 0.6 is 11.8 Å². The Bertz CT molecular complexity index is 692. The van der Waals surface area contributed by atoms with E-state index in [2.05, 4.69) is 14.3 Å². The number of nitrogens with one attached hydrogen (secondary N) is 1.